The summed E-state index contributed by atoms with van der Waals surface area (Å²) in [6.07, 6.45) is 4.55. The summed E-state index contributed by atoms with van der Waals surface area (Å²) < 4.78 is 1.88. The van der Waals surface area contributed by atoms with E-state index >= 15 is 0 Å². The predicted octanol–water partition coefficient (Wildman–Crippen LogP) is 3.45. The molecule has 1 unspecified atom stereocenters. The second-order valence-corrected chi connectivity index (χ2v) is 5.02. The zero-order valence-corrected chi connectivity index (χ0v) is 11.6. The SMILES string of the molecule is CCn1cc(CC(N)c2ccc(Cl)cc2Cl)cn1. The molecule has 1 aromatic carbocycles. The Morgan fingerprint density at radius 2 is 2.17 bits per heavy atom. The molecule has 96 valence electrons. The minimum atomic E-state index is -0.149. The first-order valence-electron chi connectivity index (χ1n) is 5.82. The second kappa shape index (κ2) is 5.74. The number of nitrogens with two attached hydrogens (primary N) is 1. The Bertz CT molecular complexity index is 537. The number of rotatable bonds is 4. The molecule has 18 heavy (non-hydrogen) atoms. The lowest BCUT2D eigenvalue weighted by Crippen LogP contribution is -2.13. The van der Waals surface area contributed by atoms with Crippen molar-refractivity contribution in [3.8, 4) is 0 Å². The van der Waals surface area contributed by atoms with Crippen LogP contribution in [0.1, 0.15) is 24.1 Å². The lowest BCUT2D eigenvalue weighted by Gasteiger charge is -2.12. The number of aryl methyl sites for hydroxylation is 1. The summed E-state index contributed by atoms with van der Waals surface area (Å²) in [5.74, 6) is 0. The second-order valence-electron chi connectivity index (χ2n) is 4.18. The molecule has 0 amide bonds. The molecule has 0 radical (unpaired) electrons. The van der Waals surface area contributed by atoms with Gasteiger partial charge in [0.1, 0.15) is 0 Å². The Morgan fingerprint density at radius 3 is 2.78 bits per heavy atom. The first-order valence-corrected chi connectivity index (χ1v) is 6.57. The summed E-state index contributed by atoms with van der Waals surface area (Å²) in [6, 6.07) is 5.25. The quantitative estimate of drug-likeness (QED) is 0.934. The molecule has 0 aliphatic rings. The Morgan fingerprint density at radius 1 is 1.39 bits per heavy atom. The minimum absolute atomic E-state index is 0.149. The summed E-state index contributed by atoms with van der Waals surface area (Å²) in [4.78, 5) is 0. The first-order chi connectivity index (χ1) is 8.60. The van der Waals surface area contributed by atoms with Gasteiger partial charge in [-0.2, -0.15) is 5.10 Å². The van der Waals surface area contributed by atoms with Crippen LogP contribution in [0.5, 0.6) is 0 Å². The number of nitrogens with zero attached hydrogens (tertiary/aromatic N) is 2. The van der Waals surface area contributed by atoms with Gasteiger partial charge >= 0.3 is 0 Å². The van der Waals surface area contributed by atoms with E-state index in [-0.39, 0.29) is 6.04 Å². The molecular weight excluding hydrogens is 269 g/mol. The number of hydrogen-bond acceptors (Lipinski definition) is 2. The van der Waals surface area contributed by atoms with Gasteiger partial charge in [-0.05, 0) is 36.6 Å². The van der Waals surface area contributed by atoms with Gasteiger partial charge < -0.3 is 5.73 Å². The van der Waals surface area contributed by atoms with Crippen molar-refractivity contribution < 1.29 is 0 Å². The topological polar surface area (TPSA) is 43.8 Å². The normalized spacial score (nSPS) is 12.7. The van der Waals surface area contributed by atoms with E-state index in [9.17, 15) is 0 Å². The van der Waals surface area contributed by atoms with Crippen molar-refractivity contribution in [2.75, 3.05) is 0 Å². The fraction of sp³-hybridized carbons (Fsp3) is 0.308. The van der Waals surface area contributed by atoms with Gasteiger partial charge in [-0.25, -0.2) is 0 Å². The lowest BCUT2D eigenvalue weighted by molar-refractivity contribution is 0.657. The molecule has 0 aliphatic heterocycles. The van der Waals surface area contributed by atoms with Crippen LogP contribution in [0, 0.1) is 0 Å². The summed E-state index contributed by atoms with van der Waals surface area (Å²) in [5.41, 5.74) is 8.18. The van der Waals surface area contributed by atoms with Crippen molar-refractivity contribution in [3.63, 3.8) is 0 Å². The highest BCUT2D eigenvalue weighted by Crippen LogP contribution is 2.26. The van der Waals surface area contributed by atoms with E-state index in [1.165, 1.54) is 0 Å². The van der Waals surface area contributed by atoms with Crippen molar-refractivity contribution in [3.05, 3.63) is 51.8 Å². The largest absolute Gasteiger partial charge is 0.324 e. The molecule has 2 aromatic rings. The fourth-order valence-electron chi connectivity index (χ4n) is 1.85. The summed E-state index contributed by atoms with van der Waals surface area (Å²) >= 11 is 12.0. The number of hydrogen-bond donors (Lipinski definition) is 1. The Hall–Kier alpha value is -1.03. The van der Waals surface area contributed by atoms with E-state index in [0.29, 0.717) is 16.5 Å². The highest BCUT2D eigenvalue weighted by atomic mass is 35.5. The summed E-state index contributed by atoms with van der Waals surface area (Å²) in [7, 11) is 0. The van der Waals surface area contributed by atoms with Gasteiger partial charge in [0.2, 0.25) is 0 Å². The Labute approximate surface area is 117 Å². The van der Waals surface area contributed by atoms with Crippen LogP contribution in [-0.2, 0) is 13.0 Å². The highest BCUT2D eigenvalue weighted by molar-refractivity contribution is 6.35. The number of halogens is 2. The maximum atomic E-state index is 6.16. The zero-order valence-electron chi connectivity index (χ0n) is 10.1. The van der Waals surface area contributed by atoms with E-state index in [1.807, 2.05) is 30.1 Å². The molecule has 1 atom stereocenters. The van der Waals surface area contributed by atoms with E-state index in [1.54, 1.807) is 12.1 Å². The zero-order chi connectivity index (χ0) is 13.1. The lowest BCUT2D eigenvalue weighted by atomic mass is 10.0. The van der Waals surface area contributed by atoms with Crippen molar-refractivity contribution in [1.29, 1.82) is 0 Å². The highest BCUT2D eigenvalue weighted by Gasteiger charge is 2.12. The van der Waals surface area contributed by atoms with E-state index < -0.39 is 0 Å². The van der Waals surface area contributed by atoms with Crippen LogP contribution in [0.25, 0.3) is 0 Å². The van der Waals surface area contributed by atoms with Gasteiger partial charge in [-0.15, -0.1) is 0 Å². The monoisotopic (exact) mass is 283 g/mol. The van der Waals surface area contributed by atoms with Crippen molar-refractivity contribution in [1.82, 2.24) is 9.78 Å². The van der Waals surface area contributed by atoms with E-state index in [2.05, 4.69) is 5.10 Å². The molecule has 0 fully saturated rings. The fourth-order valence-corrected chi connectivity index (χ4v) is 2.40. The summed E-state index contributed by atoms with van der Waals surface area (Å²) in [5, 5.41) is 5.45. The van der Waals surface area contributed by atoms with Crippen LogP contribution in [0.15, 0.2) is 30.6 Å². The van der Waals surface area contributed by atoms with Crippen LogP contribution in [0.4, 0.5) is 0 Å². The third-order valence-corrected chi connectivity index (χ3v) is 3.39. The molecule has 0 saturated carbocycles. The standard InChI is InChI=1S/C13H15Cl2N3/c1-2-18-8-9(7-17-18)5-13(16)11-4-3-10(14)6-12(11)15/h3-4,6-8,13H,2,5,16H2,1H3. The molecule has 0 bridgehead atoms. The smallest absolute Gasteiger partial charge is 0.0522 e. The molecule has 0 saturated heterocycles. The summed E-state index contributed by atoms with van der Waals surface area (Å²) in [6.45, 7) is 2.91. The van der Waals surface area contributed by atoms with Gasteiger partial charge in [-0.3, -0.25) is 4.68 Å². The van der Waals surface area contributed by atoms with Crippen molar-refractivity contribution in [2.45, 2.75) is 25.9 Å². The van der Waals surface area contributed by atoms with Crippen molar-refractivity contribution >= 4 is 23.2 Å². The Balaban J connectivity index is 2.13. The van der Waals surface area contributed by atoms with Gasteiger partial charge in [0.05, 0.1) is 6.20 Å². The molecule has 2 rings (SSSR count). The van der Waals surface area contributed by atoms with Crippen LogP contribution in [0.2, 0.25) is 10.0 Å². The number of aromatic nitrogens is 2. The van der Waals surface area contributed by atoms with Crippen LogP contribution >= 0.6 is 23.2 Å². The third kappa shape index (κ3) is 3.05. The van der Waals surface area contributed by atoms with E-state index in [4.69, 9.17) is 28.9 Å². The van der Waals surface area contributed by atoms with Crippen LogP contribution < -0.4 is 5.73 Å². The van der Waals surface area contributed by atoms with Crippen molar-refractivity contribution in [2.24, 2.45) is 5.73 Å². The maximum absolute atomic E-state index is 6.16. The van der Waals surface area contributed by atoms with Gasteiger partial charge in [0.25, 0.3) is 0 Å². The molecule has 0 aliphatic carbocycles. The van der Waals surface area contributed by atoms with Gasteiger partial charge in [0, 0.05) is 28.8 Å². The minimum Gasteiger partial charge on any atom is -0.324 e. The molecule has 0 spiro atoms. The molecule has 2 N–H and O–H groups in total. The van der Waals surface area contributed by atoms with Crippen LogP contribution in [0.3, 0.4) is 0 Å². The molecule has 5 heteroatoms. The van der Waals surface area contributed by atoms with E-state index in [0.717, 1.165) is 17.7 Å². The third-order valence-electron chi connectivity index (χ3n) is 2.83. The molecule has 3 nitrogen and oxygen atoms in total. The predicted molar refractivity (Wildman–Crippen MR) is 75.0 cm³/mol. The first kappa shape index (κ1) is 13.4. The molecular formula is C13H15Cl2N3. The molecule has 1 heterocycles. The number of benzene rings is 1. The average molecular weight is 284 g/mol. The molecule has 1 aromatic heterocycles. The average Bonchev–Trinajstić information content (AvgIpc) is 2.76. The van der Waals surface area contributed by atoms with Gasteiger partial charge in [-0.1, -0.05) is 29.3 Å². The Kier molecular flexibility index (Phi) is 4.27. The van der Waals surface area contributed by atoms with Crippen LogP contribution in [-0.4, -0.2) is 9.78 Å². The van der Waals surface area contributed by atoms with Gasteiger partial charge in [0.15, 0.2) is 0 Å². The maximum Gasteiger partial charge on any atom is 0.0522 e.